The molecule has 1 unspecified atom stereocenters. The zero-order valence-corrected chi connectivity index (χ0v) is 19.5. The molecule has 1 atom stereocenters. The van der Waals surface area contributed by atoms with Crippen LogP contribution in [0, 0.1) is 0 Å². The van der Waals surface area contributed by atoms with Gasteiger partial charge in [-0.3, -0.25) is 9.59 Å². The predicted molar refractivity (Wildman–Crippen MR) is 119 cm³/mol. The van der Waals surface area contributed by atoms with Gasteiger partial charge in [0.2, 0.25) is 5.91 Å². The topological polar surface area (TPSA) is 98.9 Å². The quantitative estimate of drug-likeness (QED) is 0.247. The molecule has 176 valence electrons. The number of ether oxygens (including phenoxy) is 2. The highest BCUT2D eigenvalue weighted by atomic mass is 16.5. The monoisotopic (exact) mass is 428 g/mol. The van der Waals surface area contributed by atoms with Crippen LogP contribution in [0.15, 0.2) is 0 Å². The summed E-state index contributed by atoms with van der Waals surface area (Å²) in [4.78, 5) is 38.0. The van der Waals surface area contributed by atoms with E-state index in [0.717, 1.165) is 44.9 Å². The Morgan fingerprint density at radius 1 is 0.800 bits per heavy atom. The highest BCUT2D eigenvalue weighted by molar-refractivity contribution is 5.85. The van der Waals surface area contributed by atoms with E-state index in [9.17, 15) is 14.4 Å². The lowest BCUT2D eigenvalue weighted by Crippen LogP contribution is -2.48. The number of nitrogens with zero attached hydrogens (tertiary/aromatic N) is 1. The SMILES string of the molecule is CCCCCCCCC(C(=O)OCC)N(CCCCCCC(=O)OCC)C(=O)CN. The van der Waals surface area contributed by atoms with Crippen molar-refractivity contribution >= 4 is 17.8 Å². The van der Waals surface area contributed by atoms with Crippen molar-refractivity contribution in [1.29, 1.82) is 0 Å². The summed E-state index contributed by atoms with van der Waals surface area (Å²) in [5, 5.41) is 0. The first kappa shape index (κ1) is 28.4. The van der Waals surface area contributed by atoms with Crippen molar-refractivity contribution in [1.82, 2.24) is 4.90 Å². The molecular weight excluding hydrogens is 384 g/mol. The summed E-state index contributed by atoms with van der Waals surface area (Å²) in [5.74, 6) is -0.723. The lowest BCUT2D eigenvalue weighted by atomic mass is 10.0. The number of carbonyl (C=O) groups excluding carboxylic acids is 3. The van der Waals surface area contributed by atoms with E-state index in [-0.39, 0.29) is 24.4 Å². The maximum absolute atomic E-state index is 12.5. The summed E-state index contributed by atoms with van der Waals surface area (Å²) in [6.45, 7) is 6.83. The number of carbonyl (C=O) groups is 3. The Morgan fingerprint density at radius 3 is 2.03 bits per heavy atom. The molecule has 7 heteroatoms. The smallest absolute Gasteiger partial charge is 0.328 e. The highest BCUT2D eigenvalue weighted by Gasteiger charge is 2.29. The van der Waals surface area contributed by atoms with Crippen molar-refractivity contribution in [2.75, 3.05) is 26.3 Å². The van der Waals surface area contributed by atoms with Crippen LogP contribution in [0.3, 0.4) is 0 Å². The van der Waals surface area contributed by atoms with Gasteiger partial charge in [0.1, 0.15) is 6.04 Å². The molecule has 0 aliphatic rings. The molecule has 0 spiro atoms. The summed E-state index contributed by atoms with van der Waals surface area (Å²) in [5.41, 5.74) is 5.61. The van der Waals surface area contributed by atoms with Gasteiger partial charge in [-0.2, -0.15) is 0 Å². The van der Waals surface area contributed by atoms with E-state index in [2.05, 4.69) is 6.92 Å². The minimum atomic E-state index is -0.563. The third-order valence-corrected chi connectivity index (χ3v) is 5.10. The van der Waals surface area contributed by atoms with Crippen LogP contribution in [0.25, 0.3) is 0 Å². The molecular formula is C23H44N2O5. The van der Waals surface area contributed by atoms with Crippen LogP contribution in [0.1, 0.15) is 97.8 Å². The van der Waals surface area contributed by atoms with Gasteiger partial charge in [0.15, 0.2) is 0 Å². The molecule has 0 aromatic rings. The number of hydrogen-bond acceptors (Lipinski definition) is 6. The summed E-state index contributed by atoms with van der Waals surface area (Å²) in [6.07, 6.45) is 11.0. The van der Waals surface area contributed by atoms with Gasteiger partial charge in [0.25, 0.3) is 0 Å². The highest BCUT2D eigenvalue weighted by Crippen LogP contribution is 2.16. The average molecular weight is 429 g/mol. The number of amides is 1. The van der Waals surface area contributed by atoms with Crippen molar-refractivity contribution in [3.05, 3.63) is 0 Å². The maximum atomic E-state index is 12.5. The Morgan fingerprint density at radius 2 is 1.40 bits per heavy atom. The van der Waals surface area contributed by atoms with Crippen molar-refractivity contribution in [2.24, 2.45) is 5.73 Å². The first-order valence-corrected chi connectivity index (χ1v) is 11.8. The molecule has 0 aliphatic carbocycles. The fourth-order valence-corrected chi connectivity index (χ4v) is 3.47. The summed E-state index contributed by atoms with van der Waals surface area (Å²) >= 11 is 0. The molecule has 0 fully saturated rings. The summed E-state index contributed by atoms with van der Waals surface area (Å²) in [7, 11) is 0. The van der Waals surface area contributed by atoms with Crippen molar-refractivity contribution < 1.29 is 23.9 Å². The van der Waals surface area contributed by atoms with Gasteiger partial charge in [0, 0.05) is 13.0 Å². The van der Waals surface area contributed by atoms with Crippen LogP contribution >= 0.6 is 0 Å². The molecule has 7 nitrogen and oxygen atoms in total. The first-order chi connectivity index (χ1) is 14.5. The number of rotatable bonds is 19. The van der Waals surface area contributed by atoms with Gasteiger partial charge in [0.05, 0.1) is 19.8 Å². The number of esters is 2. The molecule has 0 saturated carbocycles. The van der Waals surface area contributed by atoms with Crippen molar-refractivity contribution in [3.8, 4) is 0 Å². The molecule has 0 saturated heterocycles. The fourth-order valence-electron chi connectivity index (χ4n) is 3.47. The normalized spacial score (nSPS) is 11.7. The number of nitrogens with two attached hydrogens (primary N) is 1. The minimum absolute atomic E-state index is 0.116. The molecule has 2 N–H and O–H groups in total. The van der Waals surface area contributed by atoms with Crippen LogP contribution in [0.5, 0.6) is 0 Å². The maximum Gasteiger partial charge on any atom is 0.328 e. The molecule has 0 aromatic carbocycles. The third-order valence-electron chi connectivity index (χ3n) is 5.10. The Hall–Kier alpha value is -1.63. The second kappa shape index (κ2) is 19.3. The zero-order valence-electron chi connectivity index (χ0n) is 19.5. The lowest BCUT2D eigenvalue weighted by Gasteiger charge is -2.30. The molecule has 1 amide bonds. The Bertz CT molecular complexity index is 471. The van der Waals surface area contributed by atoms with Gasteiger partial charge < -0.3 is 20.1 Å². The number of hydrogen-bond donors (Lipinski definition) is 1. The molecule has 0 aliphatic heterocycles. The van der Waals surface area contributed by atoms with E-state index in [1.807, 2.05) is 0 Å². The average Bonchev–Trinajstić information content (AvgIpc) is 2.73. The molecule has 0 radical (unpaired) electrons. The van der Waals surface area contributed by atoms with E-state index in [1.165, 1.54) is 19.3 Å². The molecule has 0 heterocycles. The largest absolute Gasteiger partial charge is 0.466 e. The molecule has 0 aromatic heterocycles. The van der Waals surface area contributed by atoms with Crippen LogP contribution in [-0.4, -0.2) is 55.1 Å². The zero-order chi connectivity index (χ0) is 22.6. The second-order valence-electron chi connectivity index (χ2n) is 7.58. The van der Waals surface area contributed by atoms with Crippen molar-refractivity contribution in [3.63, 3.8) is 0 Å². The second-order valence-corrected chi connectivity index (χ2v) is 7.58. The van der Waals surface area contributed by atoms with Gasteiger partial charge in [-0.1, -0.05) is 58.3 Å². The minimum Gasteiger partial charge on any atom is -0.466 e. The van der Waals surface area contributed by atoms with E-state index in [4.69, 9.17) is 15.2 Å². The van der Waals surface area contributed by atoms with Crippen LogP contribution in [0.4, 0.5) is 0 Å². The molecule has 0 rings (SSSR count). The van der Waals surface area contributed by atoms with Crippen LogP contribution in [0.2, 0.25) is 0 Å². The number of unbranched alkanes of at least 4 members (excludes halogenated alkanes) is 8. The Balaban J connectivity index is 4.62. The van der Waals surface area contributed by atoms with Gasteiger partial charge >= 0.3 is 11.9 Å². The standard InChI is InChI=1S/C23H44N2O5/c1-4-7-8-9-10-13-16-20(23(28)30-6-3)25(21(26)19-24)18-15-12-11-14-17-22(27)29-5-2/h20H,4-19,24H2,1-3H3. The van der Waals surface area contributed by atoms with Gasteiger partial charge in [-0.25, -0.2) is 4.79 Å². The van der Waals surface area contributed by atoms with E-state index in [1.54, 1.807) is 18.7 Å². The van der Waals surface area contributed by atoms with Gasteiger partial charge in [-0.15, -0.1) is 0 Å². The fraction of sp³-hybridized carbons (Fsp3) is 0.870. The van der Waals surface area contributed by atoms with E-state index in [0.29, 0.717) is 32.6 Å². The summed E-state index contributed by atoms with van der Waals surface area (Å²) < 4.78 is 10.2. The molecule has 0 bridgehead atoms. The van der Waals surface area contributed by atoms with E-state index < -0.39 is 6.04 Å². The summed E-state index contributed by atoms with van der Waals surface area (Å²) in [6, 6.07) is -0.563. The van der Waals surface area contributed by atoms with E-state index >= 15 is 0 Å². The van der Waals surface area contributed by atoms with Gasteiger partial charge in [-0.05, 0) is 33.1 Å². The van der Waals surface area contributed by atoms with Crippen molar-refractivity contribution in [2.45, 2.75) is 104 Å². The third kappa shape index (κ3) is 13.6. The Kier molecular flexibility index (Phi) is 18.3. The lowest BCUT2D eigenvalue weighted by molar-refractivity contribution is -0.155. The van der Waals surface area contributed by atoms with Crippen LogP contribution < -0.4 is 5.73 Å². The van der Waals surface area contributed by atoms with Crippen LogP contribution in [-0.2, 0) is 23.9 Å². The predicted octanol–water partition coefficient (Wildman–Crippen LogP) is 3.97. The first-order valence-electron chi connectivity index (χ1n) is 11.8. The molecule has 30 heavy (non-hydrogen) atoms. The Labute approximate surface area is 183 Å².